The van der Waals surface area contributed by atoms with Crippen molar-refractivity contribution >= 4 is 11.8 Å². The SMILES string of the molecule is CC1(C)CN(Cc2ccccc2)C(=O)c2cc(COc3ccccc3)nn21.C[C@@H]1Cn2nc(COc3cccc(F)c3)cc2C(=O)N1Cc1ccccc1. The number of hydrogen-bond acceptors (Lipinski definition) is 6. The van der Waals surface area contributed by atoms with Gasteiger partial charge in [0.2, 0.25) is 0 Å². The molecule has 0 unspecified atom stereocenters. The predicted octanol–water partition coefficient (Wildman–Crippen LogP) is 7.50. The average molecular weight is 727 g/mol. The number of rotatable bonds is 10. The second kappa shape index (κ2) is 15.8. The number of ether oxygens (including phenoxy) is 2. The number of hydrogen-bond donors (Lipinski definition) is 0. The van der Waals surface area contributed by atoms with Crippen LogP contribution in [0.3, 0.4) is 0 Å². The maximum absolute atomic E-state index is 13.2. The maximum atomic E-state index is 13.2. The Morgan fingerprint density at radius 2 is 1.26 bits per heavy atom. The first-order valence-electron chi connectivity index (χ1n) is 18.0. The molecule has 0 radical (unpaired) electrons. The average Bonchev–Trinajstić information content (AvgIpc) is 3.81. The Labute approximate surface area is 314 Å². The lowest BCUT2D eigenvalue weighted by atomic mass is 10.0. The normalized spacial score (nSPS) is 15.9. The summed E-state index contributed by atoms with van der Waals surface area (Å²) in [4.78, 5) is 29.7. The molecule has 1 atom stereocenters. The van der Waals surface area contributed by atoms with Crippen molar-refractivity contribution in [1.29, 1.82) is 0 Å². The van der Waals surface area contributed by atoms with E-state index in [4.69, 9.17) is 9.47 Å². The summed E-state index contributed by atoms with van der Waals surface area (Å²) < 4.78 is 28.2. The van der Waals surface area contributed by atoms with Crippen LogP contribution in [0.5, 0.6) is 11.5 Å². The highest BCUT2D eigenvalue weighted by atomic mass is 19.1. The van der Waals surface area contributed by atoms with E-state index in [1.807, 2.05) is 118 Å². The van der Waals surface area contributed by atoms with Gasteiger partial charge < -0.3 is 19.3 Å². The summed E-state index contributed by atoms with van der Waals surface area (Å²) in [6, 6.07) is 39.3. The summed E-state index contributed by atoms with van der Waals surface area (Å²) in [5, 5.41) is 9.14. The van der Waals surface area contributed by atoms with Gasteiger partial charge in [-0.2, -0.15) is 10.2 Å². The molecule has 11 heteroatoms. The highest BCUT2D eigenvalue weighted by Crippen LogP contribution is 2.28. The van der Waals surface area contributed by atoms with Crippen LogP contribution < -0.4 is 9.47 Å². The molecule has 2 aliphatic rings. The Morgan fingerprint density at radius 1 is 0.685 bits per heavy atom. The molecule has 6 aromatic rings. The monoisotopic (exact) mass is 726 g/mol. The van der Waals surface area contributed by atoms with Crippen molar-refractivity contribution in [2.45, 2.75) is 65.2 Å². The zero-order valence-corrected chi connectivity index (χ0v) is 30.6. The van der Waals surface area contributed by atoms with Crippen molar-refractivity contribution in [2.24, 2.45) is 0 Å². The van der Waals surface area contributed by atoms with Crippen LogP contribution in [-0.2, 0) is 38.4 Å². The van der Waals surface area contributed by atoms with E-state index >= 15 is 0 Å². The zero-order valence-electron chi connectivity index (χ0n) is 30.6. The molecule has 2 aromatic heterocycles. The molecule has 0 saturated carbocycles. The van der Waals surface area contributed by atoms with Crippen LogP contribution in [0.1, 0.15) is 64.3 Å². The summed E-state index contributed by atoms with van der Waals surface area (Å²) in [6.45, 7) is 9.18. The van der Waals surface area contributed by atoms with Crippen LogP contribution in [0.15, 0.2) is 127 Å². The van der Waals surface area contributed by atoms with Crippen molar-refractivity contribution in [2.75, 3.05) is 6.54 Å². The molecular weight excluding hydrogens is 684 g/mol. The van der Waals surface area contributed by atoms with Crippen molar-refractivity contribution in [3.63, 3.8) is 0 Å². The Balaban J connectivity index is 0.000000167. The summed E-state index contributed by atoms with van der Waals surface area (Å²) in [5.41, 5.74) is 4.54. The van der Waals surface area contributed by atoms with Gasteiger partial charge in [0.05, 0.1) is 12.1 Å². The van der Waals surface area contributed by atoms with Gasteiger partial charge in [-0.3, -0.25) is 19.0 Å². The number of amides is 2. The first kappa shape index (κ1) is 36.1. The van der Waals surface area contributed by atoms with E-state index in [1.54, 1.807) is 22.9 Å². The highest BCUT2D eigenvalue weighted by Gasteiger charge is 2.38. The standard InChI is InChI=1S/C22H23N3O2.C21H20FN3O2/c1-22(2)16-24(14-17-9-5-3-6-10-17)21(26)20-13-18(23-25(20)22)15-27-19-11-7-4-8-12-19;1-15-12-25-20(21(26)24(15)13-16-6-3-2-4-7-16)11-18(23-25)14-27-19-9-5-8-17(22)10-19/h3-13H,14-16H2,1-2H3;2-11,15H,12-14H2,1H3/t;15-/m.1/s1. The number of carbonyl (C=O) groups excluding carboxylic acids is 2. The van der Waals surface area contributed by atoms with Crippen molar-refractivity contribution < 1.29 is 23.5 Å². The number of nitrogens with zero attached hydrogens (tertiary/aromatic N) is 6. The van der Waals surface area contributed by atoms with Gasteiger partial charge in [0, 0.05) is 31.7 Å². The smallest absolute Gasteiger partial charge is 0.272 e. The van der Waals surface area contributed by atoms with Gasteiger partial charge in [-0.1, -0.05) is 84.9 Å². The lowest BCUT2D eigenvalue weighted by molar-refractivity contribution is 0.0554. The number of carbonyl (C=O) groups is 2. The number of para-hydroxylation sites is 1. The minimum absolute atomic E-state index is 0.0108. The molecule has 2 amide bonds. The summed E-state index contributed by atoms with van der Waals surface area (Å²) >= 11 is 0. The second-order valence-electron chi connectivity index (χ2n) is 14.2. The van der Waals surface area contributed by atoms with Crippen LogP contribution in [0, 0.1) is 5.82 Å². The molecule has 2 aliphatic heterocycles. The molecule has 0 fully saturated rings. The Hall–Kier alpha value is -6.23. The summed E-state index contributed by atoms with van der Waals surface area (Å²) in [5.74, 6) is 0.849. The fraction of sp³-hybridized carbons (Fsp3) is 0.256. The van der Waals surface area contributed by atoms with Gasteiger partial charge in [0.25, 0.3) is 11.8 Å². The Kier molecular flexibility index (Phi) is 10.6. The summed E-state index contributed by atoms with van der Waals surface area (Å²) in [6.07, 6.45) is 0. The molecule has 276 valence electrons. The fourth-order valence-corrected chi connectivity index (χ4v) is 6.76. The molecule has 10 nitrogen and oxygen atoms in total. The minimum atomic E-state index is -0.350. The molecule has 0 N–H and O–H groups in total. The molecular formula is C43H43FN6O4. The van der Waals surface area contributed by atoms with Gasteiger partial charge >= 0.3 is 0 Å². The van der Waals surface area contributed by atoms with E-state index < -0.39 is 0 Å². The fourth-order valence-electron chi connectivity index (χ4n) is 6.76. The van der Waals surface area contributed by atoms with E-state index in [1.165, 1.54) is 12.1 Å². The topological polar surface area (TPSA) is 94.7 Å². The van der Waals surface area contributed by atoms with Crippen molar-refractivity contribution in [3.8, 4) is 11.5 Å². The zero-order chi connectivity index (χ0) is 37.7. The van der Waals surface area contributed by atoms with E-state index in [-0.39, 0.29) is 35.8 Å². The molecule has 8 rings (SSSR count). The van der Waals surface area contributed by atoms with Gasteiger partial charge in [0.15, 0.2) is 0 Å². The van der Waals surface area contributed by atoms with E-state index in [2.05, 4.69) is 24.0 Å². The van der Waals surface area contributed by atoms with Crippen molar-refractivity contribution in [3.05, 3.63) is 167 Å². The van der Waals surface area contributed by atoms with Crippen LogP contribution in [0.4, 0.5) is 4.39 Å². The van der Waals surface area contributed by atoms with E-state index in [0.717, 1.165) is 22.6 Å². The molecule has 4 heterocycles. The molecule has 0 spiro atoms. The second-order valence-corrected chi connectivity index (χ2v) is 14.2. The largest absolute Gasteiger partial charge is 0.487 e. The van der Waals surface area contributed by atoms with Gasteiger partial charge in [-0.25, -0.2) is 4.39 Å². The van der Waals surface area contributed by atoms with Gasteiger partial charge in [0.1, 0.15) is 53.3 Å². The lowest BCUT2D eigenvalue weighted by Crippen LogP contribution is -2.50. The third-order valence-electron chi connectivity index (χ3n) is 9.42. The Bertz CT molecular complexity index is 2200. The van der Waals surface area contributed by atoms with E-state index in [9.17, 15) is 14.0 Å². The minimum Gasteiger partial charge on any atom is -0.487 e. The van der Waals surface area contributed by atoms with Crippen LogP contribution in [0.25, 0.3) is 0 Å². The van der Waals surface area contributed by atoms with Gasteiger partial charge in [-0.15, -0.1) is 0 Å². The molecule has 0 bridgehead atoms. The number of aromatic nitrogens is 4. The highest BCUT2D eigenvalue weighted by molar-refractivity contribution is 5.94. The van der Waals surface area contributed by atoms with Crippen molar-refractivity contribution in [1.82, 2.24) is 29.4 Å². The number of benzene rings is 4. The molecule has 54 heavy (non-hydrogen) atoms. The number of fused-ring (bicyclic) bond motifs is 2. The molecule has 0 aliphatic carbocycles. The number of halogens is 1. The first-order valence-corrected chi connectivity index (χ1v) is 18.0. The first-order chi connectivity index (χ1) is 26.1. The van der Waals surface area contributed by atoms with Crippen LogP contribution in [0.2, 0.25) is 0 Å². The maximum Gasteiger partial charge on any atom is 0.272 e. The molecule has 4 aromatic carbocycles. The quantitative estimate of drug-likeness (QED) is 0.145. The predicted molar refractivity (Wildman–Crippen MR) is 202 cm³/mol. The van der Waals surface area contributed by atoms with Crippen LogP contribution in [-0.4, -0.2) is 53.8 Å². The third-order valence-corrected chi connectivity index (χ3v) is 9.42. The van der Waals surface area contributed by atoms with E-state index in [0.29, 0.717) is 55.6 Å². The van der Waals surface area contributed by atoms with Crippen LogP contribution >= 0.6 is 0 Å². The lowest BCUT2D eigenvalue weighted by Gasteiger charge is -2.38. The Morgan fingerprint density at radius 3 is 1.93 bits per heavy atom. The van der Waals surface area contributed by atoms with Gasteiger partial charge in [-0.05, 0) is 68.3 Å². The summed E-state index contributed by atoms with van der Waals surface area (Å²) in [7, 11) is 0. The molecule has 0 saturated heterocycles. The third kappa shape index (κ3) is 8.36.